The van der Waals surface area contributed by atoms with Crippen LogP contribution < -0.4 is 5.73 Å². The van der Waals surface area contributed by atoms with Crippen LogP contribution in [0.15, 0.2) is 12.1 Å². The van der Waals surface area contributed by atoms with Gasteiger partial charge in [-0.05, 0) is 38.8 Å². The first-order valence-electron chi connectivity index (χ1n) is 6.07. The van der Waals surface area contributed by atoms with Gasteiger partial charge in [0.25, 0.3) is 5.91 Å². The van der Waals surface area contributed by atoms with Crippen LogP contribution in [0, 0.1) is 13.8 Å². The van der Waals surface area contributed by atoms with Gasteiger partial charge in [-0.15, -0.1) is 24.8 Å². The van der Waals surface area contributed by atoms with Crippen LogP contribution in [0.4, 0.5) is 0 Å². The Morgan fingerprint density at radius 2 is 1.84 bits per heavy atom. The van der Waals surface area contributed by atoms with E-state index < -0.39 is 0 Å². The summed E-state index contributed by atoms with van der Waals surface area (Å²) in [5.41, 5.74) is 8.30. The Hall–Kier alpha value is -0.840. The minimum atomic E-state index is 0. The summed E-state index contributed by atoms with van der Waals surface area (Å²) >= 11 is 0. The summed E-state index contributed by atoms with van der Waals surface area (Å²) in [4.78, 5) is 18.5. The van der Waals surface area contributed by atoms with Crippen molar-refractivity contribution in [3.8, 4) is 0 Å². The highest BCUT2D eigenvalue weighted by Gasteiger charge is 2.22. The highest BCUT2D eigenvalue weighted by Crippen LogP contribution is 2.14. The zero-order valence-electron chi connectivity index (χ0n) is 11.3. The minimum absolute atomic E-state index is 0. The number of hydrogen-bond acceptors (Lipinski definition) is 3. The normalized spacial score (nSPS) is 15.4. The topological polar surface area (TPSA) is 59.2 Å². The van der Waals surface area contributed by atoms with E-state index >= 15 is 0 Å². The first kappa shape index (κ1) is 18.2. The van der Waals surface area contributed by atoms with Crippen molar-refractivity contribution in [2.24, 2.45) is 5.73 Å². The van der Waals surface area contributed by atoms with E-state index in [0.717, 1.165) is 37.3 Å². The molecule has 2 heterocycles. The van der Waals surface area contributed by atoms with Crippen molar-refractivity contribution >= 4 is 30.7 Å². The molecule has 0 aromatic carbocycles. The lowest BCUT2D eigenvalue weighted by atomic mass is 10.0. The van der Waals surface area contributed by atoms with Crippen molar-refractivity contribution in [2.45, 2.75) is 32.7 Å². The summed E-state index contributed by atoms with van der Waals surface area (Å²) in [6, 6.07) is 4.00. The van der Waals surface area contributed by atoms with Crippen molar-refractivity contribution in [2.75, 3.05) is 13.1 Å². The molecule has 4 nitrogen and oxygen atoms in total. The molecule has 0 unspecified atom stereocenters. The molecule has 0 atom stereocenters. The molecule has 0 saturated carbocycles. The average molecular weight is 306 g/mol. The van der Waals surface area contributed by atoms with Gasteiger partial charge in [0.05, 0.1) is 11.3 Å². The minimum Gasteiger partial charge on any atom is -0.338 e. The fourth-order valence-corrected chi connectivity index (χ4v) is 2.19. The van der Waals surface area contributed by atoms with E-state index in [0.29, 0.717) is 5.56 Å². The van der Waals surface area contributed by atoms with Gasteiger partial charge < -0.3 is 10.6 Å². The summed E-state index contributed by atoms with van der Waals surface area (Å²) < 4.78 is 0. The lowest BCUT2D eigenvalue weighted by molar-refractivity contribution is 0.0713. The molecule has 0 radical (unpaired) electrons. The van der Waals surface area contributed by atoms with Crippen molar-refractivity contribution in [1.29, 1.82) is 0 Å². The zero-order valence-corrected chi connectivity index (χ0v) is 12.9. The second-order valence-electron chi connectivity index (χ2n) is 4.72. The molecule has 19 heavy (non-hydrogen) atoms. The Kier molecular flexibility index (Phi) is 7.34. The second-order valence-corrected chi connectivity index (χ2v) is 4.72. The van der Waals surface area contributed by atoms with Crippen molar-refractivity contribution < 1.29 is 4.79 Å². The van der Waals surface area contributed by atoms with Crippen LogP contribution in [0.2, 0.25) is 0 Å². The Bertz CT molecular complexity index is 432. The number of aromatic nitrogens is 1. The van der Waals surface area contributed by atoms with Gasteiger partial charge in [-0.3, -0.25) is 9.78 Å². The number of nitrogens with two attached hydrogens (primary N) is 1. The van der Waals surface area contributed by atoms with E-state index in [2.05, 4.69) is 4.98 Å². The molecule has 0 bridgehead atoms. The van der Waals surface area contributed by atoms with Crippen molar-refractivity contribution in [3.05, 3.63) is 29.1 Å². The predicted molar refractivity (Wildman–Crippen MR) is 81.3 cm³/mol. The van der Waals surface area contributed by atoms with Crippen molar-refractivity contribution in [1.82, 2.24) is 9.88 Å². The first-order chi connectivity index (χ1) is 8.08. The number of piperidine rings is 1. The highest BCUT2D eigenvalue weighted by atomic mass is 35.5. The second kappa shape index (κ2) is 7.68. The molecule has 1 aromatic rings. The van der Waals surface area contributed by atoms with Crippen LogP contribution in [-0.2, 0) is 0 Å². The predicted octanol–water partition coefficient (Wildman–Crippen LogP) is 2.11. The molecule has 6 heteroatoms. The monoisotopic (exact) mass is 305 g/mol. The summed E-state index contributed by atoms with van der Waals surface area (Å²) in [7, 11) is 0. The fraction of sp³-hybridized carbons (Fsp3) is 0.538. The molecule has 1 aromatic heterocycles. The van der Waals surface area contributed by atoms with Gasteiger partial charge >= 0.3 is 0 Å². The van der Waals surface area contributed by atoms with Gasteiger partial charge in [0.15, 0.2) is 0 Å². The smallest absolute Gasteiger partial charge is 0.255 e. The van der Waals surface area contributed by atoms with Gasteiger partial charge in [0, 0.05) is 24.8 Å². The number of pyridine rings is 1. The zero-order chi connectivity index (χ0) is 12.4. The number of amides is 1. The molecule has 0 spiro atoms. The fourth-order valence-electron chi connectivity index (χ4n) is 2.19. The molecule has 2 rings (SSSR count). The van der Waals surface area contributed by atoms with Gasteiger partial charge in [0.1, 0.15) is 0 Å². The van der Waals surface area contributed by atoms with Gasteiger partial charge in [0.2, 0.25) is 0 Å². The molecule has 2 N–H and O–H groups in total. The molecule has 1 aliphatic rings. The Labute approximate surface area is 126 Å². The van der Waals surface area contributed by atoms with E-state index in [-0.39, 0.29) is 36.8 Å². The first-order valence-corrected chi connectivity index (χ1v) is 6.07. The Morgan fingerprint density at radius 3 is 2.37 bits per heavy atom. The number of carbonyl (C=O) groups is 1. The summed E-state index contributed by atoms with van der Waals surface area (Å²) in [5, 5.41) is 0. The number of nitrogens with zero attached hydrogens (tertiary/aromatic N) is 2. The van der Waals surface area contributed by atoms with Crippen LogP contribution in [-0.4, -0.2) is 34.9 Å². The van der Waals surface area contributed by atoms with E-state index in [9.17, 15) is 4.79 Å². The lowest BCUT2D eigenvalue weighted by Gasteiger charge is -2.30. The van der Waals surface area contributed by atoms with Gasteiger partial charge in [-0.2, -0.15) is 0 Å². The SMILES string of the molecule is Cc1ccc(C(=O)N2CCC(N)CC2)c(C)n1.Cl.Cl. The van der Waals surface area contributed by atoms with E-state index in [1.54, 1.807) is 0 Å². The quantitative estimate of drug-likeness (QED) is 0.864. The third-order valence-electron chi connectivity index (χ3n) is 3.28. The van der Waals surface area contributed by atoms with Crippen molar-refractivity contribution in [3.63, 3.8) is 0 Å². The number of halogens is 2. The number of likely N-dealkylation sites (tertiary alicyclic amines) is 1. The average Bonchev–Trinajstić information content (AvgIpc) is 2.29. The lowest BCUT2D eigenvalue weighted by Crippen LogP contribution is -2.43. The number of carbonyl (C=O) groups excluding carboxylic acids is 1. The van der Waals surface area contributed by atoms with E-state index in [4.69, 9.17) is 5.73 Å². The van der Waals surface area contributed by atoms with Crippen LogP contribution in [0.1, 0.15) is 34.6 Å². The molecule has 1 aliphatic heterocycles. The molecular formula is C13H21Cl2N3O. The largest absolute Gasteiger partial charge is 0.338 e. The molecule has 1 fully saturated rings. The third-order valence-corrected chi connectivity index (χ3v) is 3.28. The van der Waals surface area contributed by atoms with Gasteiger partial charge in [-0.1, -0.05) is 0 Å². The summed E-state index contributed by atoms with van der Waals surface area (Å²) in [6.07, 6.45) is 1.79. The maximum absolute atomic E-state index is 12.3. The van der Waals surface area contributed by atoms with E-state index in [1.807, 2.05) is 30.9 Å². The number of hydrogen-bond donors (Lipinski definition) is 1. The highest BCUT2D eigenvalue weighted by molar-refractivity contribution is 5.95. The third kappa shape index (κ3) is 4.34. The summed E-state index contributed by atoms with van der Waals surface area (Å²) in [6.45, 7) is 5.33. The molecular weight excluding hydrogens is 285 g/mol. The van der Waals surface area contributed by atoms with Gasteiger partial charge in [-0.25, -0.2) is 0 Å². The van der Waals surface area contributed by atoms with Crippen LogP contribution in [0.25, 0.3) is 0 Å². The van der Waals surface area contributed by atoms with Crippen LogP contribution >= 0.6 is 24.8 Å². The number of rotatable bonds is 1. The molecule has 108 valence electrons. The van der Waals surface area contributed by atoms with Crippen LogP contribution in [0.5, 0.6) is 0 Å². The maximum Gasteiger partial charge on any atom is 0.255 e. The standard InChI is InChI=1S/C13H19N3O.2ClH/c1-9-3-4-12(10(2)15-9)13(17)16-7-5-11(14)6-8-16;;/h3-4,11H,5-8,14H2,1-2H3;2*1H. The molecule has 0 aliphatic carbocycles. The number of aryl methyl sites for hydroxylation is 2. The Morgan fingerprint density at radius 1 is 1.26 bits per heavy atom. The van der Waals surface area contributed by atoms with Crippen LogP contribution in [0.3, 0.4) is 0 Å². The Balaban J connectivity index is 0.00000162. The molecule has 1 amide bonds. The van der Waals surface area contributed by atoms with E-state index in [1.165, 1.54) is 0 Å². The maximum atomic E-state index is 12.3. The molecule has 1 saturated heterocycles. The summed E-state index contributed by atoms with van der Waals surface area (Å²) in [5.74, 6) is 0.0851.